The molecule has 2 amide bonds. The second kappa shape index (κ2) is 12.0. The molecule has 2 fully saturated rings. The van der Waals surface area contributed by atoms with E-state index < -0.39 is 47.4 Å². The predicted octanol–water partition coefficient (Wildman–Crippen LogP) is 2.17. The van der Waals surface area contributed by atoms with Gasteiger partial charge in [-0.3, -0.25) is 19.4 Å². The lowest BCUT2D eigenvalue weighted by atomic mass is 10.0. The maximum atomic E-state index is 11.9. The van der Waals surface area contributed by atoms with Crippen LogP contribution >= 0.6 is 0 Å². The number of carboxylic acid groups (broad SMARTS) is 1. The summed E-state index contributed by atoms with van der Waals surface area (Å²) >= 11 is 0. The number of amides is 2. The molecule has 12 heteroatoms. The van der Waals surface area contributed by atoms with E-state index in [1.165, 1.54) is 7.11 Å². The lowest BCUT2D eigenvalue weighted by Crippen LogP contribution is -2.52. The van der Waals surface area contributed by atoms with Crippen molar-refractivity contribution in [3.05, 3.63) is 0 Å². The van der Waals surface area contributed by atoms with Crippen molar-refractivity contribution in [3.8, 4) is 0 Å². The first kappa shape index (κ1) is 29.9. The summed E-state index contributed by atoms with van der Waals surface area (Å²) in [6.45, 7) is 9.95. The SMILES string of the molecule is CC(C)(C)OC(=O)N1CC(=O)CCC1C(=O)O.COC(=O)C1CCC(=O)CN1C(=O)OC(C)(C)C. The molecule has 0 aromatic heterocycles. The molecular weight excluding hydrogens is 464 g/mol. The molecule has 2 saturated heterocycles. The zero-order valence-corrected chi connectivity index (χ0v) is 21.4. The number of piperidine rings is 2. The van der Waals surface area contributed by atoms with Crippen molar-refractivity contribution in [2.24, 2.45) is 0 Å². The Kier molecular flexibility index (Phi) is 10.2. The Labute approximate surface area is 204 Å². The van der Waals surface area contributed by atoms with Gasteiger partial charge in [0, 0.05) is 12.8 Å². The number of ketones is 2. The van der Waals surface area contributed by atoms with Gasteiger partial charge in [0.2, 0.25) is 0 Å². The van der Waals surface area contributed by atoms with Crippen molar-refractivity contribution in [2.75, 3.05) is 20.2 Å². The van der Waals surface area contributed by atoms with Crippen molar-refractivity contribution in [1.82, 2.24) is 9.80 Å². The number of aliphatic carboxylic acids is 1. The van der Waals surface area contributed by atoms with Gasteiger partial charge in [0.25, 0.3) is 0 Å². The Bertz CT molecular complexity index is 840. The van der Waals surface area contributed by atoms with E-state index in [-0.39, 0.29) is 50.3 Å². The monoisotopic (exact) mass is 500 g/mol. The van der Waals surface area contributed by atoms with Gasteiger partial charge >= 0.3 is 24.1 Å². The highest BCUT2D eigenvalue weighted by Gasteiger charge is 2.39. The van der Waals surface area contributed by atoms with Gasteiger partial charge in [0.05, 0.1) is 20.2 Å². The third kappa shape index (κ3) is 9.91. The predicted molar refractivity (Wildman–Crippen MR) is 122 cm³/mol. The first-order valence-electron chi connectivity index (χ1n) is 11.3. The van der Waals surface area contributed by atoms with Crippen LogP contribution in [0, 0.1) is 0 Å². The molecule has 1 N–H and O–H groups in total. The van der Waals surface area contributed by atoms with Crippen molar-refractivity contribution in [2.45, 2.75) is 90.5 Å². The molecule has 0 aromatic rings. The summed E-state index contributed by atoms with van der Waals surface area (Å²) in [5.41, 5.74) is -1.38. The van der Waals surface area contributed by atoms with Gasteiger partial charge in [-0.2, -0.15) is 0 Å². The van der Waals surface area contributed by atoms with E-state index in [0.29, 0.717) is 0 Å². The van der Waals surface area contributed by atoms with Crippen LogP contribution in [0.1, 0.15) is 67.2 Å². The molecule has 2 atom stereocenters. The second-order valence-corrected chi connectivity index (χ2v) is 10.3. The number of carbonyl (C=O) groups excluding carboxylic acids is 5. The van der Waals surface area contributed by atoms with Crippen LogP contribution in [0.15, 0.2) is 0 Å². The molecule has 0 bridgehead atoms. The van der Waals surface area contributed by atoms with Crippen LogP contribution in [0.25, 0.3) is 0 Å². The number of likely N-dealkylation sites (tertiary alicyclic amines) is 2. The number of ether oxygens (including phenoxy) is 3. The zero-order chi connectivity index (χ0) is 27.1. The maximum absolute atomic E-state index is 11.9. The molecule has 35 heavy (non-hydrogen) atoms. The van der Waals surface area contributed by atoms with Crippen LogP contribution in [0.5, 0.6) is 0 Å². The van der Waals surface area contributed by atoms with Gasteiger partial charge < -0.3 is 19.3 Å². The number of methoxy groups -OCH3 is 1. The lowest BCUT2D eigenvalue weighted by Gasteiger charge is -2.34. The van der Waals surface area contributed by atoms with Crippen molar-refractivity contribution in [1.29, 1.82) is 0 Å². The van der Waals surface area contributed by atoms with Gasteiger partial charge in [0.15, 0.2) is 11.6 Å². The number of nitrogens with zero attached hydrogens (tertiary/aromatic N) is 2. The van der Waals surface area contributed by atoms with Crippen LogP contribution in [0.4, 0.5) is 9.59 Å². The van der Waals surface area contributed by atoms with Crippen LogP contribution in [0.2, 0.25) is 0 Å². The highest BCUT2D eigenvalue weighted by molar-refractivity contribution is 5.91. The first-order valence-corrected chi connectivity index (χ1v) is 11.3. The standard InChI is InChI=1S/C12H19NO5.C11H17NO5/c1-12(2,3)18-11(16)13-7-8(14)5-6-9(13)10(15)17-4;1-11(2,3)17-10(16)12-6-7(13)4-5-8(12)9(14)15/h9H,5-7H2,1-4H3;8H,4-6H2,1-3H3,(H,14,15). The van der Waals surface area contributed by atoms with E-state index in [0.717, 1.165) is 9.80 Å². The molecule has 2 aliphatic heterocycles. The highest BCUT2D eigenvalue weighted by Crippen LogP contribution is 2.20. The summed E-state index contributed by atoms with van der Waals surface area (Å²) in [6, 6.07) is -1.70. The average Bonchev–Trinajstić information content (AvgIpc) is 2.70. The molecule has 2 unspecified atom stereocenters. The van der Waals surface area contributed by atoms with Gasteiger partial charge in [0.1, 0.15) is 23.3 Å². The molecule has 0 saturated carbocycles. The second-order valence-electron chi connectivity index (χ2n) is 10.3. The maximum Gasteiger partial charge on any atom is 0.411 e. The minimum atomic E-state index is -1.11. The Hall–Kier alpha value is -3.18. The fourth-order valence-corrected chi connectivity index (χ4v) is 3.33. The third-order valence-electron chi connectivity index (χ3n) is 4.85. The molecule has 2 heterocycles. The van der Waals surface area contributed by atoms with E-state index in [4.69, 9.17) is 14.6 Å². The number of carbonyl (C=O) groups is 6. The normalized spacial score (nSPS) is 20.9. The van der Waals surface area contributed by atoms with Gasteiger partial charge in [-0.05, 0) is 54.4 Å². The number of hydrogen-bond acceptors (Lipinski definition) is 9. The van der Waals surface area contributed by atoms with E-state index in [2.05, 4.69) is 4.74 Å². The van der Waals surface area contributed by atoms with Crippen molar-refractivity contribution >= 4 is 35.7 Å². The van der Waals surface area contributed by atoms with Crippen LogP contribution in [-0.2, 0) is 33.4 Å². The number of esters is 1. The van der Waals surface area contributed by atoms with E-state index in [1.807, 2.05) is 0 Å². The van der Waals surface area contributed by atoms with E-state index >= 15 is 0 Å². The van der Waals surface area contributed by atoms with Crippen molar-refractivity contribution < 1.29 is 48.1 Å². The fourth-order valence-electron chi connectivity index (χ4n) is 3.33. The van der Waals surface area contributed by atoms with Crippen LogP contribution in [0.3, 0.4) is 0 Å². The van der Waals surface area contributed by atoms with Gasteiger partial charge in [-0.1, -0.05) is 0 Å². The molecule has 12 nitrogen and oxygen atoms in total. The number of Topliss-reactive ketones (excluding diaryl/α,β-unsaturated/α-hetero) is 2. The summed E-state index contributed by atoms with van der Waals surface area (Å²) in [6.07, 6.45) is -0.517. The summed E-state index contributed by atoms with van der Waals surface area (Å²) in [5.74, 6) is -1.86. The molecule has 0 aliphatic carbocycles. The molecule has 0 aromatic carbocycles. The quantitative estimate of drug-likeness (QED) is 0.440. The Morgan fingerprint density at radius 2 is 1.14 bits per heavy atom. The smallest absolute Gasteiger partial charge is 0.411 e. The van der Waals surface area contributed by atoms with Gasteiger partial charge in [-0.15, -0.1) is 0 Å². The lowest BCUT2D eigenvalue weighted by molar-refractivity contribution is -0.149. The summed E-state index contributed by atoms with van der Waals surface area (Å²) < 4.78 is 14.9. The van der Waals surface area contributed by atoms with Crippen LogP contribution < -0.4 is 0 Å². The number of hydrogen-bond donors (Lipinski definition) is 1. The average molecular weight is 501 g/mol. The van der Waals surface area contributed by atoms with Crippen LogP contribution in [-0.4, -0.2) is 94.1 Å². The number of carboxylic acids is 1. The third-order valence-corrected chi connectivity index (χ3v) is 4.85. The van der Waals surface area contributed by atoms with Crippen molar-refractivity contribution in [3.63, 3.8) is 0 Å². The Morgan fingerprint density at radius 1 is 0.771 bits per heavy atom. The summed E-state index contributed by atoms with van der Waals surface area (Å²) in [4.78, 5) is 71.0. The van der Waals surface area contributed by atoms with E-state index in [9.17, 15) is 28.8 Å². The molecule has 198 valence electrons. The molecule has 0 spiro atoms. The Morgan fingerprint density at radius 3 is 1.49 bits per heavy atom. The molecule has 0 radical (unpaired) electrons. The molecular formula is C23H36N2O10. The highest BCUT2D eigenvalue weighted by atomic mass is 16.6. The number of rotatable bonds is 2. The first-order chi connectivity index (χ1) is 15.9. The molecule has 2 rings (SSSR count). The van der Waals surface area contributed by atoms with E-state index in [1.54, 1.807) is 41.5 Å². The summed E-state index contributed by atoms with van der Waals surface area (Å²) in [5, 5.41) is 8.98. The Balaban J connectivity index is 0.000000351. The largest absolute Gasteiger partial charge is 0.480 e. The summed E-state index contributed by atoms with van der Waals surface area (Å²) in [7, 11) is 1.26. The van der Waals surface area contributed by atoms with Gasteiger partial charge in [-0.25, -0.2) is 19.2 Å². The topological polar surface area (TPSA) is 157 Å². The fraction of sp³-hybridized carbons (Fsp3) is 0.739. The minimum absolute atomic E-state index is 0.0824. The minimum Gasteiger partial charge on any atom is -0.480 e. The zero-order valence-electron chi connectivity index (χ0n) is 21.4. The molecule has 2 aliphatic rings.